The molecule has 7 nitrogen and oxygen atoms in total. The van der Waals surface area contributed by atoms with E-state index >= 15 is 0 Å². The number of ketones is 1. The Labute approximate surface area is 180 Å². The van der Waals surface area contributed by atoms with Gasteiger partial charge in [-0.25, -0.2) is 9.48 Å². The molecule has 0 amide bonds. The van der Waals surface area contributed by atoms with E-state index in [1.807, 2.05) is 72.1 Å². The Morgan fingerprint density at radius 1 is 1.00 bits per heavy atom. The lowest BCUT2D eigenvalue weighted by Crippen LogP contribution is -2.15. The van der Waals surface area contributed by atoms with Gasteiger partial charge in [0.1, 0.15) is 0 Å². The number of H-pyrrole nitrogens is 1. The van der Waals surface area contributed by atoms with Gasteiger partial charge in [0.25, 0.3) is 5.82 Å². The Hall–Kier alpha value is -4.04. The molecule has 0 unspecified atom stereocenters. The SMILES string of the molecule is O=C(OCC(=O)c1c[nH]c2ccccc12)c1nc(-c2cccs2)n(-c2ccccc2)n1. The van der Waals surface area contributed by atoms with Crippen molar-refractivity contribution in [2.24, 2.45) is 0 Å². The van der Waals surface area contributed by atoms with Gasteiger partial charge < -0.3 is 9.72 Å². The van der Waals surface area contributed by atoms with Crippen molar-refractivity contribution in [3.63, 3.8) is 0 Å². The first-order valence-corrected chi connectivity index (χ1v) is 10.4. The van der Waals surface area contributed by atoms with E-state index in [1.165, 1.54) is 11.3 Å². The highest BCUT2D eigenvalue weighted by atomic mass is 32.1. The summed E-state index contributed by atoms with van der Waals surface area (Å²) >= 11 is 1.49. The quantitative estimate of drug-likeness (QED) is 0.317. The minimum absolute atomic E-state index is 0.0982. The highest BCUT2D eigenvalue weighted by Crippen LogP contribution is 2.25. The largest absolute Gasteiger partial charge is 0.451 e. The summed E-state index contributed by atoms with van der Waals surface area (Å²) in [5.74, 6) is -0.609. The molecule has 3 aromatic heterocycles. The molecule has 0 saturated carbocycles. The maximum absolute atomic E-state index is 12.6. The van der Waals surface area contributed by atoms with Crippen LogP contribution in [0.2, 0.25) is 0 Å². The van der Waals surface area contributed by atoms with Crippen LogP contribution in [-0.4, -0.2) is 38.1 Å². The lowest BCUT2D eigenvalue weighted by molar-refractivity contribution is 0.0463. The number of esters is 1. The fraction of sp³-hybridized carbons (Fsp3) is 0.0435. The third-order valence-electron chi connectivity index (χ3n) is 4.76. The summed E-state index contributed by atoms with van der Waals surface area (Å²) in [5, 5.41) is 7.06. The summed E-state index contributed by atoms with van der Waals surface area (Å²) in [6.45, 7) is -0.394. The monoisotopic (exact) mass is 428 g/mol. The van der Waals surface area contributed by atoms with E-state index < -0.39 is 12.6 Å². The number of thiophene rings is 1. The number of ether oxygens (including phenoxy) is 1. The van der Waals surface area contributed by atoms with Crippen molar-refractivity contribution in [3.8, 4) is 16.4 Å². The molecule has 3 heterocycles. The molecule has 0 aliphatic heterocycles. The average molecular weight is 428 g/mol. The number of nitrogens with zero attached hydrogens (tertiary/aromatic N) is 3. The number of hydrogen-bond donors (Lipinski definition) is 1. The van der Waals surface area contributed by atoms with Crippen molar-refractivity contribution in [1.82, 2.24) is 19.7 Å². The summed E-state index contributed by atoms with van der Waals surface area (Å²) < 4.78 is 6.85. The number of Topliss-reactive ketones (excluding diaryl/α,β-unsaturated/α-hetero) is 1. The minimum atomic E-state index is -0.749. The molecule has 0 aliphatic carbocycles. The summed E-state index contributed by atoms with van der Waals surface area (Å²) in [6.07, 6.45) is 1.62. The second-order valence-corrected chi connectivity index (χ2v) is 7.68. The second kappa shape index (κ2) is 8.00. The molecule has 0 radical (unpaired) electrons. The van der Waals surface area contributed by atoms with E-state index in [2.05, 4.69) is 15.1 Å². The predicted octanol–water partition coefficient (Wildman–Crippen LogP) is 4.52. The molecular formula is C23H16N4O3S. The smallest absolute Gasteiger partial charge is 0.378 e. The third kappa shape index (κ3) is 3.64. The van der Waals surface area contributed by atoms with E-state index in [1.54, 1.807) is 10.9 Å². The van der Waals surface area contributed by atoms with Crippen molar-refractivity contribution in [3.05, 3.63) is 89.7 Å². The average Bonchev–Trinajstić information content (AvgIpc) is 3.56. The van der Waals surface area contributed by atoms with Gasteiger partial charge in [-0.3, -0.25) is 4.79 Å². The number of hydrogen-bond acceptors (Lipinski definition) is 6. The number of aromatic amines is 1. The van der Waals surface area contributed by atoms with Crippen molar-refractivity contribution >= 4 is 34.0 Å². The molecule has 2 aromatic carbocycles. The Bertz CT molecular complexity index is 1370. The molecule has 31 heavy (non-hydrogen) atoms. The van der Waals surface area contributed by atoms with Crippen LogP contribution in [0.5, 0.6) is 0 Å². The molecule has 0 aliphatic rings. The molecule has 0 fully saturated rings. The molecule has 152 valence electrons. The summed E-state index contributed by atoms with van der Waals surface area (Å²) in [7, 11) is 0. The van der Waals surface area contributed by atoms with Crippen LogP contribution in [0, 0.1) is 0 Å². The number of para-hydroxylation sites is 2. The van der Waals surface area contributed by atoms with Gasteiger partial charge in [-0.1, -0.05) is 42.5 Å². The first kappa shape index (κ1) is 19.0. The highest BCUT2D eigenvalue weighted by molar-refractivity contribution is 7.13. The molecule has 1 N–H and O–H groups in total. The number of carbonyl (C=O) groups is 2. The molecule has 0 atom stereocenters. The van der Waals surface area contributed by atoms with E-state index in [0.717, 1.165) is 21.5 Å². The lowest BCUT2D eigenvalue weighted by Gasteiger charge is -2.03. The summed E-state index contributed by atoms with van der Waals surface area (Å²) in [5.41, 5.74) is 2.10. The molecule has 0 spiro atoms. The van der Waals surface area contributed by atoms with Gasteiger partial charge in [0, 0.05) is 22.7 Å². The van der Waals surface area contributed by atoms with Gasteiger partial charge in [0.2, 0.25) is 5.78 Å². The van der Waals surface area contributed by atoms with Crippen LogP contribution in [0.1, 0.15) is 21.0 Å². The molecule has 5 rings (SSSR count). The predicted molar refractivity (Wildman–Crippen MR) is 118 cm³/mol. The van der Waals surface area contributed by atoms with Crippen LogP contribution in [0.4, 0.5) is 0 Å². The van der Waals surface area contributed by atoms with E-state index in [0.29, 0.717) is 11.4 Å². The first-order valence-electron chi connectivity index (χ1n) is 9.53. The van der Waals surface area contributed by atoms with Crippen LogP contribution in [-0.2, 0) is 4.74 Å². The van der Waals surface area contributed by atoms with Crippen molar-refractivity contribution in [2.45, 2.75) is 0 Å². The van der Waals surface area contributed by atoms with E-state index in [4.69, 9.17) is 4.74 Å². The molecular weight excluding hydrogens is 412 g/mol. The standard InChI is InChI=1S/C23H16N4O3S/c28-19(17-13-24-18-10-5-4-9-16(17)18)14-30-23(29)21-25-22(20-11-6-12-31-20)27(26-21)15-7-2-1-3-8-15/h1-13,24H,14H2. The Morgan fingerprint density at radius 3 is 2.61 bits per heavy atom. The Balaban J connectivity index is 1.39. The second-order valence-electron chi connectivity index (χ2n) is 6.73. The van der Waals surface area contributed by atoms with Gasteiger partial charge in [0.15, 0.2) is 12.4 Å². The number of fused-ring (bicyclic) bond motifs is 1. The normalized spacial score (nSPS) is 11.0. The Morgan fingerprint density at radius 2 is 1.81 bits per heavy atom. The van der Waals surface area contributed by atoms with Crippen LogP contribution in [0.25, 0.3) is 27.3 Å². The van der Waals surface area contributed by atoms with Gasteiger partial charge in [-0.2, -0.15) is 4.98 Å². The van der Waals surface area contributed by atoms with Gasteiger partial charge in [-0.05, 0) is 29.6 Å². The molecule has 0 saturated heterocycles. The fourth-order valence-electron chi connectivity index (χ4n) is 3.29. The number of aromatic nitrogens is 4. The van der Waals surface area contributed by atoms with Crippen LogP contribution < -0.4 is 0 Å². The number of carbonyl (C=O) groups excluding carboxylic acids is 2. The zero-order valence-corrected chi connectivity index (χ0v) is 17.0. The van der Waals surface area contributed by atoms with Crippen LogP contribution in [0.3, 0.4) is 0 Å². The molecule has 8 heteroatoms. The maximum Gasteiger partial charge on any atom is 0.378 e. The van der Waals surface area contributed by atoms with Crippen molar-refractivity contribution in [2.75, 3.05) is 6.61 Å². The maximum atomic E-state index is 12.6. The highest BCUT2D eigenvalue weighted by Gasteiger charge is 2.22. The zero-order valence-electron chi connectivity index (χ0n) is 16.2. The number of rotatable bonds is 6. The fourth-order valence-corrected chi connectivity index (χ4v) is 3.99. The lowest BCUT2D eigenvalue weighted by atomic mass is 10.1. The molecule has 5 aromatic rings. The summed E-state index contributed by atoms with van der Waals surface area (Å²) in [6, 6.07) is 20.7. The van der Waals surface area contributed by atoms with E-state index in [9.17, 15) is 9.59 Å². The van der Waals surface area contributed by atoms with E-state index in [-0.39, 0.29) is 11.6 Å². The molecule has 0 bridgehead atoms. The van der Waals surface area contributed by atoms with Gasteiger partial charge in [0.05, 0.1) is 10.6 Å². The third-order valence-corrected chi connectivity index (χ3v) is 5.62. The van der Waals surface area contributed by atoms with Gasteiger partial charge in [-0.15, -0.1) is 16.4 Å². The van der Waals surface area contributed by atoms with Crippen LogP contribution >= 0.6 is 11.3 Å². The first-order chi connectivity index (χ1) is 15.2. The van der Waals surface area contributed by atoms with Crippen molar-refractivity contribution < 1.29 is 14.3 Å². The number of benzene rings is 2. The minimum Gasteiger partial charge on any atom is -0.451 e. The zero-order chi connectivity index (χ0) is 21.2. The van der Waals surface area contributed by atoms with Crippen molar-refractivity contribution in [1.29, 1.82) is 0 Å². The van der Waals surface area contributed by atoms with Gasteiger partial charge >= 0.3 is 5.97 Å². The number of nitrogens with one attached hydrogen (secondary N) is 1. The summed E-state index contributed by atoms with van der Waals surface area (Å²) in [4.78, 5) is 33.5. The topological polar surface area (TPSA) is 89.9 Å². The Kier molecular flexibility index (Phi) is 4.89. The van der Waals surface area contributed by atoms with Crippen LogP contribution in [0.15, 0.2) is 78.3 Å².